The highest BCUT2D eigenvalue weighted by atomic mass is 79.9. The van der Waals surface area contributed by atoms with Crippen molar-refractivity contribution >= 4 is 21.6 Å². The van der Waals surface area contributed by atoms with Gasteiger partial charge in [-0.3, -0.25) is 0 Å². The highest BCUT2D eigenvalue weighted by Gasteiger charge is 2.23. The Morgan fingerprint density at radius 3 is 2.50 bits per heavy atom. The van der Waals surface area contributed by atoms with Crippen LogP contribution in [0.15, 0.2) is 22.7 Å². The Morgan fingerprint density at radius 1 is 1.38 bits per heavy atom. The summed E-state index contributed by atoms with van der Waals surface area (Å²) >= 11 is 3.47. The minimum atomic E-state index is 0.0761. The second kappa shape index (κ2) is 5.19. The second-order valence-electron chi connectivity index (χ2n) is 4.66. The van der Waals surface area contributed by atoms with Crippen LogP contribution in [0.5, 0.6) is 0 Å². The van der Waals surface area contributed by atoms with E-state index in [1.807, 2.05) is 12.1 Å². The maximum atomic E-state index is 9.35. The van der Waals surface area contributed by atoms with Gasteiger partial charge in [0, 0.05) is 28.3 Å². The maximum absolute atomic E-state index is 9.35. The first-order valence-corrected chi connectivity index (χ1v) is 6.34. The fourth-order valence-corrected chi connectivity index (χ4v) is 1.90. The van der Waals surface area contributed by atoms with Crippen LogP contribution in [0.3, 0.4) is 0 Å². The Labute approximate surface area is 106 Å². The van der Waals surface area contributed by atoms with Gasteiger partial charge in [0.1, 0.15) is 0 Å². The summed E-state index contributed by atoms with van der Waals surface area (Å²) in [7, 11) is 2.07. The minimum Gasteiger partial charge on any atom is -0.392 e. The van der Waals surface area contributed by atoms with Gasteiger partial charge >= 0.3 is 0 Å². The van der Waals surface area contributed by atoms with E-state index in [9.17, 15) is 5.11 Å². The van der Waals surface area contributed by atoms with Crippen LogP contribution in [-0.4, -0.2) is 17.7 Å². The first-order valence-electron chi connectivity index (χ1n) is 5.55. The Kier molecular flexibility index (Phi) is 4.39. The molecule has 0 unspecified atom stereocenters. The number of halogens is 1. The van der Waals surface area contributed by atoms with Crippen molar-refractivity contribution in [2.75, 3.05) is 11.9 Å². The van der Waals surface area contributed by atoms with Gasteiger partial charge in [-0.05, 0) is 32.4 Å². The third-order valence-electron chi connectivity index (χ3n) is 3.35. The van der Waals surface area contributed by atoms with E-state index in [4.69, 9.17) is 0 Å². The zero-order valence-corrected chi connectivity index (χ0v) is 12.0. The number of hydrogen-bond donors (Lipinski definition) is 1. The number of rotatable bonds is 4. The second-order valence-corrected chi connectivity index (χ2v) is 5.57. The van der Waals surface area contributed by atoms with Gasteiger partial charge < -0.3 is 10.0 Å². The normalized spacial score (nSPS) is 11.6. The lowest BCUT2D eigenvalue weighted by Crippen LogP contribution is -2.41. The molecular formula is C13H20BrNO. The molecule has 0 spiro atoms. The molecule has 0 fully saturated rings. The zero-order valence-electron chi connectivity index (χ0n) is 10.4. The fourth-order valence-electron chi connectivity index (χ4n) is 1.55. The van der Waals surface area contributed by atoms with E-state index in [-0.39, 0.29) is 12.1 Å². The molecule has 0 aliphatic carbocycles. The molecule has 1 aromatic rings. The van der Waals surface area contributed by atoms with Crippen molar-refractivity contribution in [1.29, 1.82) is 0 Å². The summed E-state index contributed by atoms with van der Waals surface area (Å²) in [6, 6.07) is 5.98. The molecule has 3 heteroatoms. The third-order valence-corrected chi connectivity index (χ3v) is 3.85. The number of benzene rings is 1. The predicted molar refractivity (Wildman–Crippen MR) is 72.8 cm³/mol. The van der Waals surface area contributed by atoms with Gasteiger partial charge in [0.2, 0.25) is 0 Å². The van der Waals surface area contributed by atoms with E-state index in [1.165, 1.54) is 0 Å². The van der Waals surface area contributed by atoms with Crippen molar-refractivity contribution in [2.45, 2.75) is 39.3 Å². The minimum absolute atomic E-state index is 0.0761. The standard InChI is InChI=1S/C13H20BrNO/c1-5-13(2,3)15(4)12-8-11(14)7-6-10(12)9-16/h6-8,16H,5,9H2,1-4H3. The SMILES string of the molecule is CCC(C)(C)N(C)c1cc(Br)ccc1CO. The highest BCUT2D eigenvalue weighted by Crippen LogP contribution is 2.30. The van der Waals surface area contributed by atoms with Crippen molar-refractivity contribution < 1.29 is 5.11 Å². The lowest BCUT2D eigenvalue weighted by atomic mass is 9.98. The van der Waals surface area contributed by atoms with Crippen LogP contribution >= 0.6 is 15.9 Å². The average Bonchev–Trinajstić information content (AvgIpc) is 2.28. The van der Waals surface area contributed by atoms with E-state index in [0.717, 1.165) is 22.1 Å². The molecule has 1 aromatic carbocycles. The Bertz CT molecular complexity index is 363. The van der Waals surface area contributed by atoms with Crippen LogP contribution in [-0.2, 0) is 6.61 Å². The van der Waals surface area contributed by atoms with E-state index in [1.54, 1.807) is 0 Å². The summed E-state index contributed by atoms with van der Waals surface area (Å²) in [6.07, 6.45) is 1.06. The molecule has 0 aliphatic heterocycles. The predicted octanol–water partition coefficient (Wildman–Crippen LogP) is 3.57. The van der Waals surface area contributed by atoms with E-state index >= 15 is 0 Å². The molecule has 0 saturated carbocycles. The molecule has 1 N–H and O–H groups in total. The molecular weight excluding hydrogens is 266 g/mol. The monoisotopic (exact) mass is 285 g/mol. The van der Waals surface area contributed by atoms with Crippen LogP contribution in [0.25, 0.3) is 0 Å². The van der Waals surface area contributed by atoms with Gasteiger partial charge in [-0.2, -0.15) is 0 Å². The number of nitrogens with zero attached hydrogens (tertiary/aromatic N) is 1. The summed E-state index contributed by atoms with van der Waals surface area (Å²) in [4.78, 5) is 2.23. The van der Waals surface area contributed by atoms with E-state index < -0.39 is 0 Å². The highest BCUT2D eigenvalue weighted by molar-refractivity contribution is 9.10. The van der Waals surface area contributed by atoms with E-state index in [0.29, 0.717) is 0 Å². The fraction of sp³-hybridized carbons (Fsp3) is 0.538. The van der Waals surface area contributed by atoms with Crippen molar-refractivity contribution in [3.8, 4) is 0 Å². The molecule has 0 heterocycles. The smallest absolute Gasteiger partial charge is 0.0702 e. The number of hydrogen-bond acceptors (Lipinski definition) is 2. The van der Waals surface area contributed by atoms with Gasteiger partial charge in [-0.25, -0.2) is 0 Å². The van der Waals surface area contributed by atoms with Crippen LogP contribution in [0.2, 0.25) is 0 Å². The topological polar surface area (TPSA) is 23.5 Å². The molecule has 0 saturated heterocycles. The number of aliphatic hydroxyl groups excluding tert-OH is 1. The summed E-state index contributed by atoms with van der Waals surface area (Å²) in [5.41, 5.74) is 2.14. The molecule has 0 atom stereocenters. The lowest BCUT2D eigenvalue weighted by molar-refractivity contribution is 0.281. The third kappa shape index (κ3) is 2.77. The number of aliphatic hydroxyl groups is 1. The Morgan fingerprint density at radius 2 is 2.00 bits per heavy atom. The first kappa shape index (κ1) is 13.5. The van der Waals surface area contributed by atoms with Gasteiger partial charge in [0.15, 0.2) is 0 Å². The van der Waals surface area contributed by atoms with Crippen molar-refractivity contribution in [2.24, 2.45) is 0 Å². The van der Waals surface area contributed by atoms with Crippen LogP contribution in [0.1, 0.15) is 32.8 Å². The van der Waals surface area contributed by atoms with Gasteiger partial charge in [-0.1, -0.05) is 28.9 Å². The summed E-state index contributed by atoms with van der Waals surface area (Å²) in [5, 5.41) is 9.35. The van der Waals surface area contributed by atoms with Crippen LogP contribution in [0, 0.1) is 0 Å². The Balaban J connectivity index is 3.16. The molecule has 1 rings (SSSR count). The molecule has 0 aromatic heterocycles. The molecule has 0 amide bonds. The van der Waals surface area contributed by atoms with Crippen molar-refractivity contribution in [1.82, 2.24) is 0 Å². The van der Waals surface area contributed by atoms with Crippen molar-refractivity contribution in [3.63, 3.8) is 0 Å². The van der Waals surface area contributed by atoms with Crippen LogP contribution in [0.4, 0.5) is 5.69 Å². The average molecular weight is 286 g/mol. The summed E-state index contributed by atoms with van der Waals surface area (Å²) in [5.74, 6) is 0. The lowest BCUT2D eigenvalue weighted by Gasteiger charge is -2.38. The molecule has 0 aliphatic rings. The number of anilines is 1. The Hall–Kier alpha value is -0.540. The molecule has 90 valence electrons. The quantitative estimate of drug-likeness (QED) is 0.914. The maximum Gasteiger partial charge on any atom is 0.0702 e. The van der Waals surface area contributed by atoms with Crippen molar-refractivity contribution in [3.05, 3.63) is 28.2 Å². The van der Waals surface area contributed by atoms with Gasteiger partial charge in [-0.15, -0.1) is 0 Å². The molecule has 0 bridgehead atoms. The van der Waals surface area contributed by atoms with Gasteiger partial charge in [0.05, 0.1) is 6.61 Å². The zero-order chi connectivity index (χ0) is 12.3. The summed E-state index contributed by atoms with van der Waals surface area (Å²) in [6.45, 7) is 6.66. The van der Waals surface area contributed by atoms with E-state index in [2.05, 4.69) is 54.7 Å². The molecule has 16 heavy (non-hydrogen) atoms. The first-order chi connectivity index (χ1) is 7.42. The molecule has 2 nitrogen and oxygen atoms in total. The van der Waals surface area contributed by atoms with Gasteiger partial charge in [0.25, 0.3) is 0 Å². The van der Waals surface area contributed by atoms with Crippen LogP contribution < -0.4 is 4.90 Å². The largest absolute Gasteiger partial charge is 0.392 e. The molecule has 0 radical (unpaired) electrons. The summed E-state index contributed by atoms with van der Waals surface area (Å²) < 4.78 is 1.04.